The molecule has 1 aliphatic rings. The van der Waals surface area contributed by atoms with E-state index >= 15 is 0 Å². The lowest BCUT2D eigenvalue weighted by molar-refractivity contribution is 0.105. The van der Waals surface area contributed by atoms with Gasteiger partial charge in [-0.2, -0.15) is 5.10 Å². The van der Waals surface area contributed by atoms with Gasteiger partial charge in [-0.25, -0.2) is 0 Å². The third-order valence-electron chi connectivity index (χ3n) is 3.08. The lowest BCUT2D eigenvalue weighted by Gasteiger charge is -2.32. The number of ether oxygens (including phenoxy) is 1. The summed E-state index contributed by atoms with van der Waals surface area (Å²) in [5, 5.41) is 14.4. The Bertz CT molecular complexity index is 599. The molecule has 3 rings (SSSR count). The van der Waals surface area contributed by atoms with E-state index in [1.54, 1.807) is 16.8 Å². The minimum absolute atomic E-state index is 0.206. The fourth-order valence-electron chi connectivity index (χ4n) is 2.29. The van der Waals surface area contributed by atoms with Gasteiger partial charge in [-0.15, -0.1) is 0 Å². The smallest absolute Gasteiger partial charge is 0.133 e. The molecule has 0 aliphatic carbocycles. The molecular weight excluding hydrogens is 216 g/mol. The van der Waals surface area contributed by atoms with Crippen molar-refractivity contribution in [1.82, 2.24) is 9.78 Å². The second kappa shape index (κ2) is 3.03. The number of aromatic nitrogens is 2. The standard InChI is InChI=1S/C13H14N2O2/c1-13(2)8-7-15(3)14-12(8)11-9(16)5-4-6-10(11)17-13/h4-7,16H,1-3H3. The molecule has 2 aromatic rings. The Balaban J connectivity index is 2.36. The van der Waals surface area contributed by atoms with Crippen LogP contribution in [-0.2, 0) is 12.6 Å². The first kappa shape index (κ1) is 10.2. The first-order chi connectivity index (χ1) is 7.99. The Kier molecular flexibility index (Phi) is 1.82. The molecule has 1 aromatic carbocycles. The number of phenols is 1. The molecule has 0 saturated heterocycles. The summed E-state index contributed by atoms with van der Waals surface area (Å²) in [4.78, 5) is 0. The average molecular weight is 230 g/mol. The number of phenolic OH excluding ortho intramolecular Hbond substituents is 1. The zero-order chi connectivity index (χ0) is 12.2. The van der Waals surface area contributed by atoms with E-state index in [0.717, 1.165) is 11.3 Å². The van der Waals surface area contributed by atoms with Gasteiger partial charge in [0, 0.05) is 18.8 Å². The summed E-state index contributed by atoms with van der Waals surface area (Å²) in [6.45, 7) is 4.00. The van der Waals surface area contributed by atoms with Gasteiger partial charge in [0.1, 0.15) is 22.8 Å². The van der Waals surface area contributed by atoms with Crippen LogP contribution in [0.3, 0.4) is 0 Å². The monoisotopic (exact) mass is 230 g/mol. The van der Waals surface area contributed by atoms with Gasteiger partial charge in [0.2, 0.25) is 0 Å². The molecule has 4 heteroatoms. The SMILES string of the molecule is Cn1cc2c(n1)-c1c(O)cccc1OC2(C)C. The van der Waals surface area contributed by atoms with Gasteiger partial charge >= 0.3 is 0 Å². The van der Waals surface area contributed by atoms with Crippen LogP contribution in [0.4, 0.5) is 0 Å². The molecule has 0 amide bonds. The van der Waals surface area contributed by atoms with Gasteiger partial charge in [0.05, 0.1) is 5.56 Å². The Morgan fingerprint density at radius 2 is 2.12 bits per heavy atom. The summed E-state index contributed by atoms with van der Waals surface area (Å²) in [6, 6.07) is 5.28. The molecule has 88 valence electrons. The molecule has 0 spiro atoms. The van der Waals surface area contributed by atoms with Crippen LogP contribution >= 0.6 is 0 Å². The maximum absolute atomic E-state index is 9.95. The van der Waals surface area contributed by atoms with Crippen molar-refractivity contribution in [1.29, 1.82) is 0 Å². The molecule has 0 bridgehead atoms. The summed E-state index contributed by atoms with van der Waals surface area (Å²) in [6.07, 6.45) is 1.94. The van der Waals surface area contributed by atoms with Crippen LogP contribution in [-0.4, -0.2) is 14.9 Å². The Labute approximate surface area is 99.5 Å². The van der Waals surface area contributed by atoms with Crippen molar-refractivity contribution < 1.29 is 9.84 Å². The highest BCUT2D eigenvalue weighted by Crippen LogP contribution is 2.47. The number of fused-ring (bicyclic) bond motifs is 3. The Morgan fingerprint density at radius 1 is 1.35 bits per heavy atom. The van der Waals surface area contributed by atoms with Crippen molar-refractivity contribution in [2.24, 2.45) is 7.05 Å². The molecule has 0 saturated carbocycles. The van der Waals surface area contributed by atoms with Crippen molar-refractivity contribution in [3.05, 3.63) is 30.0 Å². The second-order valence-electron chi connectivity index (χ2n) is 4.83. The van der Waals surface area contributed by atoms with E-state index in [-0.39, 0.29) is 5.75 Å². The first-order valence-corrected chi connectivity index (χ1v) is 5.54. The van der Waals surface area contributed by atoms with E-state index in [2.05, 4.69) is 5.10 Å². The first-order valence-electron chi connectivity index (χ1n) is 5.54. The van der Waals surface area contributed by atoms with Crippen molar-refractivity contribution in [2.45, 2.75) is 19.4 Å². The van der Waals surface area contributed by atoms with Gasteiger partial charge in [-0.1, -0.05) is 6.07 Å². The topological polar surface area (TPSA) is 47.3 Å². The summed E-state index contributed by atoms with van der Waals surface area (Å²) < 4.78 is 7.67. The van der Waals surface area contributed by atoms with Gasteiger partial charge in [-0.05, 0) is 26.0 Å². The summed E-state index contributed by atoms with van der Waals surface area (Å²) >= 11 is 0. The van der Waals surface area contributed by atoms with E-state index in [9.17, 15) is 5.11 Å². The van der Waals surface area contributed by atoms with Crippen LogP contribution in [0.5, 0.6) is 11.5 Å². The molecule has 1 N–H and O–H groups in total. The summed E-state index contributed by atoms with van der Waals surface area (Å²) in [7, 11) is 1.87. The van der Waals surface area contributed by atoms with E-state index < -0.39 is 5.60 Å². The number of aryl methyl sites for hydroxylation is 1. The molecule has 0 unspecified atom stereocenters. The zero-order valence-corrected chi connectivity index (χ0v) is 10.1. The zero-order valence-electron chi connectivity index (χ0n) is 10.1. The summed E-state index contributed by atoms with van der Waals surface area (Å²) in [5.41, 5.74) is 2.05. The molecule has 0 fully saturated rings. The van der Waals surface area contributed by atoms with E-state index in [1.165, 1.54) is 0 Å². The highest BCUT2D eigenvalue weighted by Gasteiger charge is 2.36. The molecule has 1 aromatic heterocycles. The fraction of sp³-hybridized carbons (Fsp3) is 0.308. The third-order valence-corrected chi connectivity index (χ3v) is 3.08. The molecule has 0 atom stereocenters. The number of aromatic hydroxyl groups is 1. The van der Waals surface area contributed by atoms with Crippen LogP contribution in [0, 0.1) is 0 Å². The quantitative estimate of drug-likeness (QED) is 0.756. The molecule has 2 heterocycles. The number of nitrogens with zero attached hydrogens (tertiary/aromatic N) is 2. The van der Waals surface area contributed by atoms with Crippen LogP contribution in [0.1, 0.15) is 19.4 Å². The van der Waals surface area contributed by atoms with Gasteiger partial charge in [-0.3, -0.25) is 4.68 Å². The second-order valence-corrected chi connectivity index (χ2v) is 4.83. The number of hydrogen-bond acceptors (Lipinski definition) is 3. The largest absolute Gasteiger partial charge is 0.507 e. The Morgan fingerprint density at radius 3 is 2.88 bits per heavy atom. The minimum atomic E-state index is -0.426. The molecular formula is C13H14N2O2. The van der Waals surface area contributed by atoms with Crippen molar-refractivity contribution in [3.8, 4) is 22.8 Å². The van der Waals surface area contributed by atoms with E-state index in [0.29, 0.717) is 11.3 Å². The predicted octanol–water partition coefficient (Wildman–Crippen LogP) is 2.42. The predicted molar refractivity (Wildman–Crippen MR) is 64.0 cm³/mol. The minimum Gasteiger partial charge on any atom is -0.507 e. The lowest BCUT2D eigenvalue weighted by atomic mass is 9.91. The number of benzene rings is 1. The van der Waals surface area contributed by atoms with E-state index in [1.807, 2.05) is 33.2 Å². The normalized spacial score (nSPS) is 15.9. The number of hydrogen-bond donors (Lipinski definition) is 1. The van der Waals surface area contributed by atoms with E-state index in [4.69, 9.17) is 4.74 Å². The lowest BCUT2D eigenvalue weighted by Crippen LogP contribution is -2.28. The van der Waals surface area contributed by atoms with Crippen LogP contribution < -0.4 is 4.74 Å². The molecule has 17 heavy (non-hydrogen) atoms. The highest BCUT2D eigenvalue weighted by molar-refractivity contribution is 5.78. The van der Waals surface area contributed by atoms with Crippen molar-refractivity contribution >= 4 is 0 Å². The van der Waals surface area contributed by atoms with Crippen LogP contribution in [0.15, 0.2) is 24.4 Å². The van der Waals surface area contributed by atoms with Crippen LogP contribution in [0.25, 0.3) is 11.3 Å². The average Bonchev–Trinajstić information content (AvgIpc) is 2.60. The highest BCUT2D eigenvalue weighted by atomic mass is 16.5. The molecule has 4 nitrogen and oxygen atoms in total. The maximum atomic E-state index is 9.95. The molecule has 0 radical (unpaired) electrons. The third kappa shape index (κ3) is 1.33. The van der Waals surface area contributed by atoms with Gasteiger partial charge in [0.25, 0.3) is 0 Å². The van der Waals surface area contributed by atoms with Crippen molar-refractivity contribution in [3.63, 3.8) is 0 Å². The summed E-state index contributed by atoms with van der Waals surface area (Å²) in [5.74, 6) is 0.888. The Hall–Kier alpha value is -1.97. The van der Waals surface area contributed by atoms with Crippen LogP contribution in [0.2, 0.25) is 0 Å². The maximum Gasteiger partial charge on any atom is 0.133 e. The van der Waals surface area contributed by atoms with Gasteiger partial charge < -0.3 is 9.84 Å². The molecule has 1 aliphatic heterocycles. The van der Waals surface area contributed by atoms with Gasteiger partial charge in [0.15, 0.2) is 0 Å². The fourth-order valence-corrected chi connectivity index (χ4v) is 2.29. The number of rotatable bonds is 0. The van der Waals surface area contributed by atoms with Crippen molar-refractivity contribution in [2.75, 3.05) is 0 Å².